The van der Waals surface area contributed by atoms with Crippen molar-refractivity contribution in [1.29, 1.82) is 0 Å². The van der Waals surface area contributed by atoms with Crippen molar-refractivity contribution in [2.75, 3.05) is 32.7 Å². The minimum atomic E-state index is -1.33. The molecule has 81 heavy (non-hydrogen) atoms. The molecule has 0 unspecified atom stereocenters. The van der Waals surface area contributed by atoms with Crippen LogP contribution in [0, 0.1) is 0 Å². The number of hydrogen-bond donors (Lipinski definition) is 11. The Morgan fingerprint density at radius 2 is 0.506 bits per heavy atom. The summed E-state index contributed by atoms with van der Waals surface area (Å²) in [7, 11) is 0. The molecule has 0 saturated carbocycles. The highest BCUT2D eigenvalue weighted by Crippen LogP contribution is 2.14. The molecule has 26 heteroatoms. The third kappa shape index (κ3) is 42.2. The number of ether oxygens (including phenoxy) is 5. The second-order valence-electron chi connectivity index (χ2n) is 24.9. The number of rotatable bonds is 34. The fraction of sp³-hybridized carbons (Fsp3) is 0.818. The van der Waals surface area contributed by atoms with Crippen molar-refractivity contribution in [3.63, 3.8) is 0 Å². The third-order valence-corrected chi connectivity index (χ3v) is 10.9. The average Bonchev–Trinajstić information content (AvgIpc) is 3.28. The van der Waals surface area contributed by atoms with E-state index in [0.717, 1.165) is 0 Å². The zero-order chi connectivity index (χ0) is 62.2. The minimum absolute atomic E-state index is 0.00427. The molecule has 13 N–H and O–H groups in total. The summed E-state index contributed by atoms with van der Waals surface area (Å²) < 4.78 is 26.5. The van der Waals surface area contributed by atoms with E-state index in [-0.39, 0.29) is 77.7 Å². The van der Waals surface area contributed by atoms with E-state index < -0.39 is 118 Å². The van der Waals surface area contributed by atoms with Crippen molar-refractivity contribution in [3.05, 3.63) is 0 Å². The number of carbonyl (C=O) groups is 10. The summed E-state index contributed by atoms with van der Waals surface area (Å²) in [5.74, 6) is -3.80. The molecule has 0 heterocycles. The van der Waals surface area contributed by atoms with Crippen LogP contribution in [-0.2, 0) is 47.7 Å². The van der Waals surface area contributed by atoms with Crippen LogP contribution in [-0.4, -0.2) is 151 Å². The largest absolute Gasteiger partial charge is 0.444 e. The molecule has 26 nitrogen and oxygen atoms in total. The lowest BCUT2D eigenvalue weighted by atomic mass is 10.0. The standard InChI is InChI=1S/C55H103N11O15/c1-51(2,3)77-46(72)58-31-21-16-26-36(56)42(68)64-38(28-18-23-33-60-48(74)79-53(7,8)9)44(70)66-40(30-20-25-35-62-50(76)81-55(13,14)15)45(71)65-39(29-19-24-34-61-49(75)80-54(10,11)12)43(69)63-37(41(57)67)27-17-22-32-59-47(73)78-52(4,5)6/h36-40H,16-35,56H2,1-15H3,(H2,57,67)(H,58,72)(H,59,73)(H,60,74)(H,61,75)(H,62,76)(H,63,69)(H,64,68)(H,65,71)(H,66,70)/t36-,37-,38-,39-,40-/m0/s1. The molecule has 10 amide bonds. The number of primary amides is 1. The number of unbranched alkanes of at least 4 members (excludes halogenated alkanes) is 5. The second-order valence-corrected chi connectivity index (χ2v) is 24.9. The van der Waals surface area contributed by atoms with Crippen molar-refractivity contribution < 1.29 is 71.6 Å². The summed E-state index contributed by atoms with van der Waals surface area (Å²) in [6.45, 7) is 26.9. The first-order valence-electron chi connectivity index (χ1n) is 28.4. The maximum Gasteiger partial charge on any atom is 0.407 e. The first kappa shape index (κ1) is 74.7. The van der Waals surface area contributed by atoms with E-state index in [1.807, 2.05) is 0 Å². The molecule has 0 aliphatic rings. The van der Waals surface area contributed by atoms with E-state index in [9.17, 15) is 47.9 Å². The van der Waals surface area contributed by atoms with Crippen molar-refractivity contribution in [1.82, 2.24) is 47.9 Å². The smallest absolute Gasteiger partial charge is 0.407 e. The number of amides is 10. The molecular formula is C55H103N11O15. The van der Waals surface area contributed by atoms with Crippen molar-refractivity contribution in [2.45, 2.75) is 258 Å². The van der Waals surface area contributed by atoms with Crippen LogP contribution in [0.5, 0.6) is 0 Å². The molecule has 0 aliphatic heterocycles. The lowest BCUT2D eigenvalue weighted by Crippen LogP contribution is -2.58. The Morgan fingerprint density at radius 1 is 0.309 bits per heavy atom. The average molecular weight is 1160 g/mol. The van der Waals surface area contributed by atoms with E-state index in [1.165, 1.54) is 0 Å². The molecule has 5 atom stereocenters. The first-order valence-corrected chi connectivity index (χ1v) is 28.4. The highest BCUT2D eigenvalue weighted by molar-refractivity contribution is 5.95. The maximum atomic E-state index is 14.5. The number of nitrogens with one attached hydrogen (secondary N) is 9. The van der Waals surface area contributed by atoms with Crippen LogP contribution in [0.2, 0.25) is 0 Å². The van der Waals surface area contributed by atoms with Crippen molar-refractivity contribution in [2.24, 2.45) is 11.5 Å². The molecule has 468 valence electrons. The van der Waals surface area contributed by atoms with Gasteiger partial charge in [-0.2, -0.15) is 0 Å². The summed E-state index contributed by atoms with van der Waals surface area (Å²) in [6, 6.07) is -6.11. The SMILES string of the molecule is CC(C)(C)OC(=O)NCCCC[C@H](NC(=O)[C@H](CCCCNC(=O)OC(C)(C)C)NC(=O)[C@H](CCCCNC(=O)OC(C)(C)C)NC(=O)[C@H](CCCCNC(=O)OC(C)(C)C)NC(=O)[C@@H](N)CCCCNC(=O)OC(C)(C)C)C(N)=O. The predicted molar refractivity (Wildman–Crippen MR) is 305 cm³/mol. The molecule has 0 spiro atoms. The Kier molecular flexibility index (Phi) is 34.0. The molecule has 0 aromatic heterocycles. The Balaban J connectivity index is 6.74. The number of hydrogen-bond acceptors (Lipinski definition) is 16. The van der Waals surface area contributed by atoms with E-state index in [0.29, 0.717) is 51.4 Å². The molecular weight excluding hydrogens is 1050 g/mol. The van der Waals surface area contributed by atoms with E-state index in [2.05, 4.69) is 47.9 Å². The van der Waals surface area contributed by atoms with Crippen LogP contribution in [0.4, 0.5) is 24.0 Å². The van der Waals surface area contributed by atoms with Gasteiger partial charge in [-0.3, -0.25) is 24.0 Å². The second kappa shape index (κ2) is 36.9. The number of carbonyl (C=O) groups excluding carboxylic acids is 10. The number of nitrogens with two attached hydrogens (primary N) is 2. The Hall–Kier alpha value is -6.34. The van der Waals surface area contributed by atoms with Crippen LogP contribution in [0.1, 0.15) is 200 Å². The van der Waals surface area contributed by atoms with Gasteiger partial charge in [-0.15, -0.1) is 0 Å². The van der Waals surface area contributed by atoms with E-state index in [4.69, 9.17) is 35.2 Å². The lowest BCUT2D eigenvalue weighted by Gasteiger charge is -2.27. The van der Waals surface area contributed by atoms with Crippen molar-refractivity contribution in [3.8, 4) is 0 Å². The third-order valence-electron chi connectivity index (χ3n) is 10.9. The predicted octanol–water partition coefficient (Wildman–Crippen LogP) is 5.21. The highest BCUT2D eigenvalue weighted by atomic mass is 16.6. The van der Waals surface area contributed by atoms with Crippen LogP contribution in [0.3, 0.4) is 0 Å². The monoisotopic (exact) mass is 1160 g/mol. The van der Waals surface area contributed by atoms with Gasteiger partial charge >= 0.3 is 30.5 Å². The molecule has 0 aliphatic carbocycles. The highest BCUT2D eigenvalue weighted by Gasteiger charge is 2.32. The molecule has 0 bridgehead atoms. The Morgan fingerprint density at radius 3 is 0.728 bits per heavy atom. The summed E-state index contributed by atoms with van der Waals surface area (Å²) >= 11 is 0. The van der Waals surface area contributed by atoms with Crippen molar-refractivity contribution >= 4 is 60.0 Å². The molecule has 0 aromatic rings. The Bertz CT molecular complexity index is 1990. The lowest BCUT2D eigenvalue weighted by molar-refractivity contribution is -0.134. The zero-order valence-corrected chi connectivity index (χ0v) is 51.3. The maximum absolute atomic E-state index is 14.5. The van der Waals surface area contributed by atoms with Gasteiger partial charge < -0.3 is 83.0 Å². The molecule has 0 fully saturated rings. The number of alkyl carbamates (subject to hydrolysis) is 5. The normalized spacial score (nSPS) is 13.7. The Labute approximate surface area is 480 Å². The van der Waals surface area contributed by atoms with Crippen LogP contribution >= 0.6 is 0 Å². The van der Waals surface area contributed by atoms with Crippen LogP contribution in [0.15, 0.2) is 0 Å². The molecule has 0 radical (unpaired) electrons. The fourth-order valence-corrected chi connectivity index (χ4v) is 7.23. The van der Waals surface area contributed by atoms with Gasteiger partial charge in [-0.25, -0.2) is 24.0 Å². The van der Waals surface area contributed by atoms with Gasteiger partial charge in [0, 0.05) is 32.7 Å². The van der Waals surface area contributed by atoms with Gasteiger partial charge in [-0.1, -0.05) is 0 Å². The van der Waals surface area contributed by atoms with Gasteiger partial charge in [0.2, 0.25) is 29.5 Å². The van der Waals surface area contributed by atoms with Gasteiger partial charge in [0.1, 0.15) is 52.2 Å². The first-order chi connectivity index (χ1) is 37.3. The minimum Gasteiger partial charge on any atom is -0.444 e. The molecule has 0 saturated heterocycles. The molecule has 0 aromatic carbocycles. The van der Waals surface area contributed by atoms with Gasteiger partial charge in [0.05, 0.1) is 6.04 Å². The topological polar surface area (TPSA) is 377 Å². The zero-order valence-electron chi connectivity index (χ0n) is 51.3. The fourth-order valence-electron chi connectivity index (χ4n) is 7.23. The van der Waals surface area contributed by atoms with Gasteiger partial charge in [0.25, 0.3) is 0 Å². The van der Waals surface area contributed by atoms with Gasteiger partial charge in [-0.05, 0) is 200 Å². The summed E-state index contributed by atoms with van der Waals surface area (Å²) in [5, 5.41) is 24.2. The summed E-state index contributed by atoms with van der Waals surface area (Å²) in [4.78, 5) is 131. The summed E-state index contributed by atoms with van der Waals surface area (Å²) in [5.41, 5.74) is 8.46. The van der Waals surface area contributed by atoms with E-state index >= 15 is 0 Å². The van der Waals surface area contributed by atoms with Crippen LogP contribution < -0.4 is 59.3 Å². The van der Waals surface area contributed by atoms with Crippen LogP contribution in [0.25, 0.3) is 0 Å². The molecule has 0 rings (SSSR count). The van der Waals surface area contributed by atoms with Gasteiger partial charge in [0.15, 0.2) is 0 Å². The van der Waals surface area contributed by atoms with E-state index in [1.54, 1.807) is 104 Å². The summed E-state index contributed by atoms with van der Waals surface area (Å²) in [6.07, 6.45) is 0.731. The quantitative estimate of drug-likeness (QED) is 0.0291.